The SMILES string of the molecule is CN1N=C(c2ccc([N+](=O)[O-])cc2)[C@@H](c2ccccc2)[C@]12C(=O)c1ccccc1O[C@H]2c1ccccc1. The molecular weight excluding hydrogens is 466 g/mol. The number of likely N-dealkylation sites (N-methyl/N-ethyl adjacent to an activating group) is 1. The lowest BCUT2D eigenvalue weighted by molar-refractivity contribution is -0.384. The number of hydrogen-bond donors (Lipinski definition) is 0. The quantitative estimate of drug-likeness (QED) is 0.268. The summed E-state index contributed by atoms with van der Waals surface area (Å²) in [5, 5.41) is 18.0. The molecule has 0 bridgehead atoms. The molecule has 4 aromatic rings. The number of rotatable bonds is 4. The van der Waals surface area contributed by atoms with Gasteiger partial charge in [-0.3, -0.25) is 19.9 Å². The molecule has 0 saturated carbocycles. The first-order valence-corrected chi connectivity index (χ1v) is 12.0. The van der Waals surface area contributed by atoms with Crippen LogP contribution in [0.15, 0.2) is 114 Å². The number of benzene rings is 4. The van der Waals surface area contributed by atoms with Gasteiger partial charge in [0.05, 0.1) is 22.1 Å². The van der Waals surface area contributed by atoms with E-state index in [-0.39, 0.29) is 11.5 Å². The lowest BCUT2D eigenvalue weighted by Crippen LogP contribution is -2.60. The molecule has 7 heteroatoms. The Hall–Kier alpha value is -4.78. The second kappa shape index (κ2) is 8.71. The predicted octanol–water partition coefficient (Wildman–Crippen LogP) is 5.78. The Morgan fingerprint density at radius 3 is 2.08 bits per heavy atom. The van der Waals surface area contributed by atoms with Gasteiger partial charge in [-0.1, -0.05) is 72.8 Å². The molecule has 0 unspecified atom stereocenters. The molecule has 2 aliphatic rings. The fourth-order valence-electron chi connectivity index (χ4n) is 5.59. The van der Waals surface area contributed by atoms with E-state index in [1.165, 1.54) is 12.1 Å². The predicted molar refractivity (Wildman–Crippen MR) is 140 cm³/mol. The van der Waals surface area contributed by atoms with Crippen molar-refractivity contribution >= 4 is 17.2 Å². The summed E-state index contributed by atoms with van der Waals surface area (Å²) in [6.45, 7) is 0. The van der Waals surface area contributed by atoms with Gasteiger partial charge in [0.1, 0.15) is 5.75 Å². The fraction of sp³-hybridized carbons (Fsp3) is 0.133. The molecule has 2 aliphatic heterocycles. The Kier molecular flexibility index (Phi) is 5.34. The monoisotopic (exact) mass is 489 g/mol. The number of ketones is 1. The van der Waals surface area contributed by atoms with E-state index in [9.17, 15) is 14.9 Å². The van der Waals surface area contributed by atoms with Crippen LogP contribution in [0, 0.1) is 10.1 Å². The number of nitro benzene ring substituents is 1. The maximum atomic E-state index is 14.7. The van der Waals surface area contributed by atoms with E-state index in [1.54, 1.807) is 30.3 Å². The number of fused-ring (bicyclic) bond motifs is 1. The highest BCUT2D eigenvalue weighted by atomic mass is 16.6. The van der Waals surface area contributed by atoms with E-state index >= 15 is 0 Å². The molecule has 4 aromatic carbocycles. The lowest BCUT2D eigenvalue weighted by Gasteiger charge is -2.47. The van der Waals surface area contributed by atoms with Gasteiger partial charge in [0, 0.05) is 19.2 Å². The van der Waals surface area contributed by atoms with Crippen LogP contribution in [0.25, 0.3) is 0 Å². The van der Waals surface area contributed by atoms with Gasteiger partial charge in [-0.25, -0.2) is 0 Å². The number of hydrazone groups is 1. The van der Waals surface area contributed by atoms with Gasteiger partial charge in [0.25, 0.3) is 5.69 Å². The number of hydrogen-bond acceptors (Lipinski definition) is 6. The highest BCUT2D eigenvalue weighted by Gasteiger charge is 2.64. The molecule has 0 aromatic heterocycles. The third kappa shape index (κ3) is 3.42. The van der Waals surface area contributed by atoms with Crippen LogP contribution in [0.1, 0.15) is 39.1 Å². The highest BCUT2D eigenvalue weighted by molar-refractivity contribution is 6.17. The van der Waals surface area contributed by atoms with Crippen LogP contribution < -0.4 is 4.74 Å². The number of nitrogens with zero attached hydrogens (tertiary/aromatic N) is 3. The highest BCUT2D eigenvalue weighted by Crippen LogP contribution is 2.54. The number of Topliss-reactive ketones (excluding diaryl/α,β-unsaturated/α-hetero) is 1. The van der Waals surface area contributed by atoms with Gasteiger partial charge in [-0.15, -0.1) is 0 Å². The molecule has 37 heavy (non-hydrogen) atoms. The summed E-state index contributed by atoms with van der Waals surface area (Å²) in [6, 6.07) is 33.1. The van der Waals surface area contributed by atoms with Crippen molar-refractivity contribution in [2.24, 2.45) is 5.10 Å². The maximum Gasteiger partial charge on any atom is 0.269 e. The van der Waals surface area contributed by atoms with E-state index in [0.717, 1.165) is 11.1 Å². The van der Waals surface area contributed by atoms with Gasteiger partial charge in [-0.05, 0) is 41.0 Å². The number of non-ortho nitro benzene ring substituents is 1. The fourth-order valence-corrected chi connectivity index (χ4v) is 5.59. The van der Waals surface area contributed by atoms with Crippen LogP contribution in [0.3, 0.4) is 0 Å². The molecule has 3 atom stereocenters. The van der Waals surface area contributed by atoms with Crippen molar-refractivity contribution in [3.05, 3.63) is 142 Å². The summed E-state index contributed by atoms with van der Waals surface area (Å²) in [5.41, 5.74) is 2.40. The van der Waals surface area contributed by atoms with Crippen LogP contribution >= 0.6 is 0 Å². The van der Waals surface area contributed by atoms with Gasteiger partial charge >= 0.3 is 0 Å². The molecule has 0 saturated heterocycles. The van der Waals surface area contributed by atoms with Gasteiger partial charge in [-0.2, -0.15) is 5.10 Å². The smallest absolute Gasteiger partial charge is 0.269 e. The van der Waals surface area contributed by atoms with E-state index < -0.39 is 22.5 Å². The van der Waals surface area contributed by atoms with E-state index in [1.807, 2.05) is 78.9 Å². The molecule has 6 rings (SSSR count). The van der Waals surface area contributed by atoms with Crippen LogP contribution in [0.2, 0.25) is 0 Å². The van der Waals surface area contributed by atoms with Crippen molar-refractivity contribution in [2.45, 2.75) is 17.6 Å². The minimum Gasteiger partial charge on any atom is -0.482 e. The van der Waals surface area contributed by atoms with Crippen LogP contribution in [-0.4, -0.2) is 34.0 Å². The summed E-state index contributed by atoms with van der Waals surface area (Å²) < 4.78 is 6.66. The van der Waals surface area contributed by atoms with Crippen molar-refractivity contribution in [3.8, 4) is 5.75 Å². The Bertz CT molecular complexity index is 1520. The summed E-state index contributed by atoms with van der Waals surface area (Å²) in [5.74, 6) is -0.0533. The topological polar surface area (TPSA) is 85.0 Å². The van der Waals surface area contributed by atoms with E-state index in [4.69, 9.17) is 9.84 Å². The molecule has 0 amide bonds. The molecular formula is C30H23N3O4. The Labute approximate surface area is 213 Å². The molecule has 1 spiro atoms. The number of nitro groups is 1. The van der Waals surface area contributed by atoms with Gasteiger partial charge in [0.15, 0.2) is 17.4 Å². The maximum absolute atomic E-state index is 14.7. The van der Waals surface area contributed by atoms with Crippen LogP contribution in [0.4, 0.5) is 5.69 Å². The summed E-state index contributed by atoms with van der Waals surface area (Å²) in [6.07, 6.45) is -0.661. The van der Waals surface area contributed by atoms with Crippen LogP contribution in [0.5, 0.6) is 5.75 Å². The molecule has 0 fully saturated rings. The number of ether oxygens (including phenoxy) is 1. The molecule has 0 N–H and O–H groups in total. The largest absolute Gasteiger partial charge is 0.482 e. The third-order valence-corrected chi connectivity index (χ3v) is 7.26. The average Bonchev–Trinajstić information content (AvgIpc) is 3.25. The number of carbonyl (C=O) groups excluding carboxylic acids is 1. The standard InChI is InChI=1S/C30H23N3O4/c1-32-30(28(34)24-14-8-9-15-25(24)37-29(30)22-12-6-3-7-13-22)26(20-10-4-2-5-11-20)27(31-32)21-16-18-23(19-17-21)33(35)36/h2-19,26,29H,1H3/t26-,29+,30-/m1/s1. The molecule has 2 heterocycles. The third-order valence-electron chi connectivity index (χ3n) is 7.26. The van der Waals surface area contributed by atoms with Crippen molar-refractivity contribution in [1.82, 2.24) is 5.01 Å². The Morgan fingerprint density at radius 2 is 1.43 bits per heavy atom. The zero-order chi connectivity index (χ0) is 25.6. The molecule has 0 aliphatic carbocycles. The summed E-state index contributed by atoms with van der Waals surface area (Å²) >= 11 is 0. The van der Waals surface area contributed by atoms with Crippen molar-refractivity contribution < 1.29 is 14.5 Å². The molecule has 7 nitrogen and oxygen atoms in total. The second-order valence-electron chi connectivity index (χ2n) is 9.22. The van der Waals surface area contributed by atoms with Crippen molar-refractivity contribution in [3.63, 3.8) is 0 Å². The average molecular weight is 490 g/mol. The molecule has 182 valence electrons. The zero-order valence-electron chi connectivity index (χ0n) is 20.0. The Morgan fingerprint density at radius 1 is 0.838 bits per heavy atom. The minimum absolute atomic E-state index is 0.00478. The van der Waals surface area contributed by atoms with Crippen molar-refractivity contribution in [1.29, 1.82) is 0 Å². The van der Waals surface area contributed by atoms with Gasteiger partial charge in [0.2, 0.25) is 0 Å². The Balaban J connectivity index is 1.61. The first-order valence-electron chi connectivity index (χ1n) is 12.0. The normalized spacial score (nSPS) is 22.4. The van der Waals surface area contributed by atoms with Crippen molar-refractivity contribution in [2.75, 3.05) is 7.05 Å². The first-order chi connectivity index (χ1) is 18.0. The second-order valence-corrected chi connectivity index (χ2v) is 9.22. The minimum atomic E-state index is -1.23. The molecule has 0 radical (unpaired) electrons. The van der Waals surface area contributed by atoms with E-state index in [2.05, 4.69) is 0 Å². The summed E-state index contributed by atoms with van der Waals surface area (Å²) in [7, 11) is 1.81. The zero-order valence-corrected chi connectivity index (χ0v) is 20.0. The van der Waals surface area contributed by atoms with Gasteiger partial charge < -0.3 is 4.74 Å². The van der Waals surface area contributed by atoms with Crippen LogP contribution in [-0.2, 0) is 0 Å². The first kappa shape index (κ1) is 22.7. The van der Waals surface area contributed by atoms with E-state index in [0.29, 0.717) is 22.6 Å². The lowest BCUT2D eigenvalue weighted by atomic mass is 9.66. The summed E-state index contributed by atoms with van der Waals surface area (Å²) in [4.78, 5) is 25.5. The number of para-hydroxylation sites is 1. The number of carbonyl (C=O) groups is 1.